The van der Waals surface area contributed by atoms with Crippen LogP contribution in [0.2, 0.25) is 0 Å². The number of fused-ring (bicyclic) bond motifs is 2. The second kappa shape index (κ2) is 7.11. The number of ether oxygens (including phenoxy) is 3. The third-order valence-corrected chi connectivity index (χ3v) is 3.82. The van der Waals surface area contributed by atoms with Gasteiger partial charge in [0.25, 0.3) is 0 Å². The molecule has 0 aromatic rings. The smallest absolute Gasteiger partial charge is 0.339 e. The average Bonchev–Trinajstić information content (AvgIpc) is 2.72. The van der Waals surface area contributed by atoms with E-state index >= 15 is 0 Å². The Hall–Kier alpha value is -2.30. The summed E-state index contributed by atoms with van der Waals surface area (Å²) in [5.74, 6) is -1.11. The molecule has 0 saturated heterocycles. The number of allylic oxidation sites excluding steroid dienone is 1. The molecule has 22 heavy (non-hydrogen) atoms. The van der Waals surface area contributed by atoms with Gasteiger partial charge in [0, 0.05) is 11.1 Å². The standard InChI is InChI=1S/C17H20O5/c1-11-5-4-6-12-9-22-10-13(8-7-11)15(17(19)21-3)14(12)16(18)20-2/h9-10H,1,4-8H2,2-3H3. The van der Waals surface area contributed by atoms with Crippen LogP contribution < -0.4 is 0 Å². The van der Waals surface area contributed by atoms with Crippen LogP contribution in [-0.2, 0) is 23.8 Å². The summed E-state index contributed by atoms with van der Waals surface area (Å²) >= 11 is 0. The van der Waals surface area contributed by atoms with Crippen molar-refractivity contribution < 1.29 is 23.8 Å². The van der Waals surface area contributed by atoms with E-state index in [2.05, 4.69) is 6.58 Å². The predicted octanol–water partition coefficient (Wildman–Crippen LogP) is 2.95. The van der Waals surface area contributed by atoms with Gasteiger partial charge >= 0.3 is 11.9 Å². The van der Waals surface area contributed by atoms with E-state index in [9.17, 15) is 9.59 Å². The fourth-order valence-electron chi connectivity index (χ4n) is 2.64. The third-order valence-electron chi connectivity index (χ3n) is 3.82. The molecule has 118 valence electrons. The Kier molecular flexibility index (Phi) is 5.20. The maximum absolute atomic E-state index is 12.3. The molecule has 0 aromatic heterocycles. The lowest BCUT2D eigenvalue weighted by Gasteiger charge is -2.17. The Bertz CT molecular complexity index is 592. The lowest BCUT2D eigenvalue weighted by molar-refractivity contribution is -0.139. The molecule has 5 nitrogen and oxygen atoms in total. The fraction of sp³-hybridized carbons (Fsp3) is 0.412. The number of esters is 2. The molecule has 0 spiro atoms. The topological polar surface area (TPSA) is 61.8 Å². The Morgan fingerprint density at radius 2 is 1.50 bits per heavy atom. The zero-order valence-electron chi connectivity index (χ0n) is 12.9. The number of rotatable bonds is 2. The van der Waals surface area contributed by atoms with Gasteiger partial charge in [0.15, 0.2) is 0 Å². The molecule has 0 saturated carbocycles. The highest BCUT2D eigenvalue weighted by molar-refractivity contribution is 6.06. The molecule has 1 heterocycles. The van der Waals surface area contributed by atoms with Crippen LogP contribution >= 0.6 is 0 Å². The van der Waals surface area contributed by atoms with Crippen LogP contribution in [0.5, 0.6) is 0 Å². The molecule has 0 fully saturated rings. The Labute approximate surface area is 129 Å². The van der Waals surface area contributed by atoms with E-state index in [1.54, 1.807) is 0 Å². The van der Waals surface area contributed by atoms with Gasteiger partial charge in [-0.1, -0.05) is 12.2 Å². The van der Waals surface area contributed by atoms with Crippen LogP contribution in [0.4, 0.5) is 0 Å². The first kappa shape index (κ1) is 16.1. The zero-order valence-corrected chi connectivity index (χ0v) is 12.9. The molecule has 5 heteroatoms. The van der Waals surface area contributed by atoms with E-state index < -0.39 is 11.9 Å². The Morgan fingerprint density at radius 3 is 2.05 bits per heavy atom. The molecule has 2 rings (SSSR count). The van der Waals surface area contributed by atoms with Gasteiger partial charge in [-0.25, -0.2) is 9.59 Å². The van der Waals surface area contributed by atoms with Crippen LogP contribution in [0, 0.1) is 0 Å². The van der Waals surface area contributed by atoms with Crippen LogP contribution in [0.1, 0.15) is 32.1 Å². The molecule has 0 amide bonds. The van der Waals surface area contributed by atoms with E-state index in [0.29, 0.717) is 24.0 Å². The summed E-state index contributed by atoms with van der Waals surface area (Å²) in [6.45, 7) is 4.05. The first-order valence-corrected chi connectivity index (χ1v) is 7.20. The summed E-state index contributed by atoms with van der Waals surface area (Å²) in [7, 11) is 2.59. The number of carbonyl (C=O) groups excluding carboxylic acids is 2. The molecular weight excluding hydrogens is 284 g/mol. The summed E-state index contributed by atoms with van der Waals surface area (Å²) in [6, 6.07) is 0. The number of carbonyl (C=O) groups is 2. The highest BCUT2D eigenvalue weighted by atomic mass is 16.5. The molecule has 2 aliphatic rings. The van der Waals surface area contributed by atoms with E-state index in [0.717, 1.165) is 24.8 Å². The minimum Gasteiger partial charge on any atom is -0.472 e. The number of hydrogen-bond donors (Lipinski definition) is 0. The van der Waals surface area contributed by atoms with Gasteiger partial charge in [-0.2, -0.15) is 0 Å². The normalized spacial score (nSPS) is 18.7. The van der Waals surface area contributed by atoms with Crippen LogP contribution in [0.3, 0.4) is 0 Å². The van der Waals surface area contributed by atoms with Crippen molar-refractivity contribution in [3.63, 3.8) is 0 Å². The minimum atomic E-state index is -0.561. The monoisotopic (exact) mass is 304 g/mol. The largest absolute Gasteiger partial charge is 0.472 e. The van der Waals surface area contributed by atoms with E-state index in [1.165, 1.54) is 26.7 Å². The van der Waals surface area contributed by atoms with Gasteiger partial charge in [-0.05, 0) is 32.1 Å². The van der Waals surface area contributed by atoms with E-state index in [1.807, 2.05) is 0 Å². The summed E-state index contributed by atoms with van der Waals surface area (Å²) in [5, 5.41) is 0. The van der Waals surface area contributed by atoms with Crippen molar-refractivity contribution >= 4 is 11.9 Å². The third kappa shape index (κ3) is 3.30. The van der Waals surface area contributed by atoms with Crippen molar-refractivity contribution in [2.45, 2.75) is 32.1 Å². The zero-order chi connectivity index (χ0) is 16.1. The molecule has 0 unspecified atom stereocenters. The highest BCUT2D eigenvalue weighted by Crippen LogP contribution is 2.34. The average molecular weight is 304 g/mol. The van der Waals surface area contributed by atoms with Gasteiger partial charge in [-0.15, -0.1) is 0 Å². The van der Waals surface area contributed by atoms with Crippen molar-refractivity contribution in [2.24, 2.45) is 0 Å². The molecule has 2 bridgehead atoms. The summed E-state index contributed by atoms with van der Waals surface area (Å²) in [6.07, 6.45) is 6.62. The van der Waals surface area contributed by atoms with Gasteiger partial charge in [0.2, 0.25) is 0 Å². The second-order valence-corrected chi connectivity index (χ2v) is 5.26. The van der Waals surface area contributed by atoms with Crippen molar-refractivity contribution in [3.05, 3.63) is 47.0 Å². The van der Waals surface area contributed by atoms with E-state index in [4.69, 9.17) is 14.2 Å². The molecule has 0 radical (unpaired) electrons. The Morgan fingerprint density at radius 1 is 0.955 bits per heavy atom. The lowest BCUT2D eigenvalue weighted by atomic mass is 9.88. The Balaban J connectivity index is 2.62. The predicted molar refractivity (Wildman–Crippen MR) is 80.5 cm³/mol. The molecule has 1 aliphatic carbocycles. The maximum atomic E-state index is 12.3. The van der Waals surface area contributed by atoms with Gasteiger partial charge in [-0.3, -0.25) is 0 Å². The number of hydrogen-bond acceptors (Lipinski definition) is 5. The van der Waals surface area contributed by atoms with Gasteiger partial charge in [0.05, 0.1) is 37.9 Å². The highest BCUT2D eigenvalue weighted by Gasteiger charge is 2.30. The minimum absolute atomic E-state index is 0.229. The van der Waals surface area contributed by atoms with Gasteiger partial charge in [0.1, 0.15) is 0 Å². The maximum Gasteiger partial charge on any atom is 0.339 e. The summed E-state index contributed by atoms with van der Waals surface area (Å²) in [5.41, 5.74) is 2.87. The van der Waals surface area contributed by atoms with Gasteiger partial charge < -0.3 is 14.2 Å². The van der Waals surface area contributed by atoms with Crippen molar-refractivity contribution in [2.75, 3.05) is 14.2 Å². The van der Waals surface area contributed by atoms with Crippen LogP contribution in [-0.4, -0.2) is 26.2 Å². The molecular formula is C17H20O5. The summed E-state index contributed by atoms with van der Waals surface area (Å²) in [4.78, 5) is 24.5. The molecule has 1 aliphatic heterocycles. The SMILES string of the molecule is C=C1CCCC2=COC=C(CC1)C(C(=O)OC)=C2C(=O)OC. The number of methoxy groups -OCH3 is 2. The van der Waals surface area contributed by atoms with Crippen LogP contribution in [0.25, 0.3) is 0 Å². The lowest BCUT2D eigenvalue weighted by Crippen LogP contribution is -2.18. The van der Waals surface area contributed by atoms with Crippen molar-refractivity contribution in [3.8, 4) is 0 Å². The summed E-state index contributed by atoms with van der Waals surface area (Å²) < 4.78 is 15.2. The quantitative estimate of drug-likeness (QED) is 0.580. The second-order valence-electron chi connectivity index (χ2n) is 5.26. The first-order chi connectivity index (χ1) is 10.6. The fourth-order valence-corrected chi connectivity index (χ4v) is 2.64. The van der Waals surface area contributed by atoms with Crippen LogP contribution in [0.15, 0.2) is 47.0 Å². The van der Waals surface area contributed by atoms with Crippen molar-refractivity contribution in [1.29, 1.82) is 0 Å². The molecule has 0 aromatic carbocycles. The molecule has 0 N–H and O–H groups in total. The van der Waals surface area contributed by atoms with Crippen molar-refractivity contribution in [1.82, 2.24) is 0 Å². The molecule has 0 atom stereocenters. The van der Waals surface area contributed by atoms with E-state index in [-0.39, 0.29) is 11.1 Å². The first-order valence-electron chi connectivity index (χ1n) is 7.20.